The predicted molar refractivity (Wildman–Crippen MR) is 101 cm³/mol. The molecule has 0 aliphatic rings. The molecule has 24 heavy (non-hydrogen) atoms. The van der Waals surface area contributed by atoms with Crippen LogP contribution in [-0.2, 0) is 6.54 Å². The maximum atomic E-state index is 6.62. The van der Waals surface area contributed by atoms with Crippen molar-refractivity contribution in [3.63, 3.8) is 0 Å². The van der Waals surface area contributed by atoms with Crippen molar-refractivity contribution in [2.45, 2.75) is 32.0 Å². The van der Waals surface area contributed by atoms with Gasteiger partial charge in [0.25, 0.3) is 0 Å². The number of pyridine rings is 1. The van der Waals surface area contributed by atoms with E-state index in [2.05, 4.69) is 36.3 Å². The molecule has 0 bridgehead atoms. The van der Waals surface area contributed by atoms with Gasteiger partial charge in [-0.25, -0.2) is 0 Å². The Bertz CT molecular complexity index is 831. The molecule has 0 radical (unpaired) electrons. The summed E-state index contributed by atoms with van der Waals surface area (Å²) in [6.07, 6.45) is 1.79. The Kier molecular flexibility index (Phi) is 4.86. The van der Waals surface area contributed by atoms with E-state index >= 15 is 0 Å². The van der Waals surface area contributed by atoms with Crippen LogP contribution in [0.2, 0.25) is 5.02 Å². The highest BCUT2D eigenvalue weighted by Gasteiger charge is 2.28. The third-order valence-electron chi connectivity index (χ3n) is 4.44. The topological polar surface area (TPSA) is 50.9 Å². The number of nitrogens with zero attached hydrogens (tertiary/aromatic N) is 1. The molecule has 0 aliphatic heterocycles. The second kappa shape index (κ2) is 6.89. The van der Waals surface area contributed by atoms with Gasteiger partial charge in [0.15, 0.2) is 0 Å². The lowest BCUT2D eigenvalue weighted by molar-refractivity contribution is 0.322. The second-order valence-electron chi connectivity index (χ2n) is 6.60. The largest absolute Gasteiger partial charge is 0.322 e. The van der Waals surface area contributed by atoms with E-state index in [-0.39, 0.29) is 11.6 Å². The fourth-order valence-electron chi connectivity index (χ4n) is 2.84. The van der Waals surface area contributed by atoms with E-state index in [1.165, 1.54) is 5.56 Å². The summed E-state index contributed by atoms with van der Waals surface area (Å²) in [5.41, 5.74) is 9.52. The van der Waals surface area contributed by atoms with Crippen LogP contribution in [-0.4, -0.2) is 10.5 Å². The van der Waals surface area contributed by atoms with Crippen LogP contribution in [0.1, 0.15) is 31.0 Å². The fraction of sp³-hybridized carbons (Fsp3) is 0.250. The summed E-state index contributed by atoms with van der Waals surface area (Å²) < 4.78 is 0. The van der Waals surface area contributed by atoms with E-state index in [0.717, 1.165) is 23.0 Å². The lowest BCUT2D eigenvalue weighted by atomic mass is 9.87. The first-order valence-electron chi connectivity index (χ1n) is 8.06. The van der Waals surface area contributed by atoms with Crippen molar-refractivity contribution in [2.75, 3.05) is 0 Å². The molecule has 0 spiro atoms. The average molecular weight is 340 g/mol. The molecule has 1 atom stereocenters. The van der Waals surface area contributed by atoms with Crippen LogP contribution in [0.5, 0.6) is 0 Å². The van der Waals surface area contributed by atoms with Gasteiger partial charge in [-0.2, -0.15) is 0 Å². The highest BCUT2D eigenvalue weighted by Crippen LogP contribution is 2.30. The summed E-state index contributed by atoms with van der Waals surface area (Å²) >= 11 is 6.07. The van der Waals surface area contributed by atoms with Crippen molar-refractivity contribution in [3.8, 4) is 0 Å². The van der Waals surface area contributed by atoms with Gasteiger partial charge in [0.05, 0.1) is 5.52 Å². The van der Waals surface area contributed by atoms with Crippen molar-refractivity contribution < 1.29 is 0 Å². The van der Waals surface area contributed by atoms with E-state index in [1.54, 1.807) is 6.20 Å². The van der Waals surface area contributed by atoms with Gasteiger partial charge in [0, 0.05) is 34.7 Å². The number of benzene rings is 2. The third kappa shape index (κ3) is 3.59. The minimum Gasteiger partial charge on any atom is -0.322 e. The fourth-order valence-corrected chi connectivity index (χ4v) is 3.01. The lowest BCUT2D eigenvalue weighted by Crippen LogP contribution is -2.48. The maximum absolute atomic E-state index is 6.62. The van der Waals surface area contributed by atoms with Crippen molar-refractivity contribution in [1.82, 2.24) is 10.3 Å². The summed E-state index contributed by atoms with van der Waals surface area (Å²) in [6.45, 7) is 5.03. The van der Waals surface area contributed by atoms with Gasteiger partial charge in [0.1, 0.15) is 0 Å². The Hall–Kier alpha value is -1.94. The van der Waals surface area contributed by atoms with Gasteiger partial charge >= 0.3 is 0 Å². The van der Waals surface area contributed by atoms with Crippen LogP contribution in [0.3, 0.4) is 0 Å². The first kappa shape index (κ1) is 16.9. The quantitative estimate of drug-likeness (QED) is 0.721. The van der Waals surface area contributed by atoms with Gasteiger partial charge in [0.2, 0.25) is 0 Å². The molecule has 3 N–H and O–H groups in total. The highest BCUT2D eigenvalue weighted by molar-refractivity contribution is 6.31. The number of rotatable bonds is 5. The molecule has 0 saturated heterocycles. The zero-order chi connectivity index (χ0) is 17.2. The summed E-state index contributed by atoms with van der Waals surface area (Å²) in [7, 11) is 0. The summed E-state index contributed by atoms with van der Waals surface area (Å²) in [4.78, 5) is 4.40. The molecular weight excluding hydrogens is 318 g/mol. The molecule has 3 nitrogen and oxygen atoms in total. The second-order valence-corrected chi connectivity index (χ2v) is 7.04. The van der Waals surface area contributed by atoms with Gasteiger partial charge in [-0.05, 0) is 43.2 Å². The normalized spacial score (nSPS) is 13.2. The molecule has 0 amide bonds. The van der Waals surface area contributed by atoms with Crippen LogP contribution >= 0.6 is 11.6 Å². The number of nitrogens with two attached hydrogens (primary N) is 1. The molecule has 124 valence electrons. The molecule has 1 heterocycles. The van der Waals surface area contributed by atoms with Crippen molar-refractivity contribution >= 4 is 22.5 Å². The average Bonchev–Trinajstić information content (AvgIpc) is 2.59. The monoisotopic (exact) mass is 339 g/mol. The van der Waals surface area contributed by atoms with E-state index in [1.807, 2.05) is 42.5 Å². The number of halogens is 1. The van der Waals surface area contributed by atoms with Crippen LogP contribution in [0.15, 0.2) is 60.8 Å². The molecule has 1 unspecified atom stereocenters. The van der Waals surface area contributed by atoms with Gasteiger partial charge in [-0.1, -0.05) is 48.0 Å². The first-order chi connectivity index (χ1) is 11.5. The SMILES string of the molecule is CC(C)(NCc1ccccc1)C(N)c1ccnc2cc(Cl)ccc12. The highest BCUT2D eigenvalue weighted by atomic mass is 35.5. The minimum atomic E-state index is -0.274. The van der Waals surface area contributed by atoms with Crippen molar-refractivity contribution in [2.24, 2.45) is 5.73 Å². The number of nitrogens with one attached hydrogen (secondary N) is 1. The Morgan fingerprint density at radius 1 is 1.12 bits per heavy atom. The molecule has 0 saturated carbocycles. The summed E-state index contributed by atoms with van der Waals surface area (Å²) in [5.74, 6) is 0. The Labute approximate surface area is 147 Å². The molecular formula is C20H22ClN3. The van der Waals surface area contributed by atoms with Crippen molar-refractivity contribution in [3.05, 3.63) is 76.9 Å². The first-order valence-corrected chi connectivity index (χ1v) is 8.44. The van der Waals surface area contributed by atoms with Gasteiger partial charge in [-0.3, -0.25) is 4.98 Å². The molecule has 1 aromatic heterocycles. The molecule has 3 aromatic rings. The Balaban J connectivity index is 1.85. The number of fused-ring (bicyclic) bond motifs is 1. The number of hydrogen-bond acceptors (Lipinski definition) is 3. The standard InChI is InChI=1S/C20H22ClN3/c1-20(2,24-13-14-6-4-3-5-7-14)19(22)17-10-11-23-18-12-15(21)8-9-16(17)18/h3-12,19,24H,13,22H2,1-2H3. The van der Waals surface area contributed by atoms with E-state index in [0.29, 0.717) is 5.02 Å². The molecule has 0 aliphatic carbocycles. The summed E-state index contributed by atoms with van der Waals surface area (Å²) in [6, 6.07) is 17.9. The molecule has 4 heteroatoms. The van der Waals surface area contributed by atoms with Gasteiger partial charge in [-0.15, -0.1) is 0 Å². The van der Waals surface area contributed by atoms with Crippen LogP contribution < -0.4 is 11.1 Å². The zero-order valence-corrected chi connectivity index (χ0v) is 14.7. The van der Waals surface area contributed by atoms with Gasteiger partial charge < -0.3 is 11.1 Å². The molecule has 2 aromatic carbocycles. The predicted octanol–water partition coefficient (Wildman–Crippen LogP) is 4.46. The van der Waals surface area contributed by atoms with Crippen LogP contribution in [0, 0.1) is 0 Å². The maximum Gasteiger partial charge on any atom is 0.0720 e. The molecule has 0 fully saturated rings. The van der Waals surface area contributed by atoms with E-state index in [9.17, 15) is 0 Å². The minimum absolute atomic E-state index is 0.173. The smallest absolute Gasteiger partial charge is 0.0720 e. The summed E-state index contributed by atoms with van der Waals surface area (Å²) in [5, 5.41) is 5.31. The Morgan fingerprint density at radius 2 is 1.88 bits per heavy atom. The lowest BCUT2D eigenvalue weighted by Gasteiger charge is -2.34. The van der Waals surface area contributed by atoms with Crippen LogP contribution in [0.4, 0.5) is 0 Å². The molecule has 3 rings (SSSR count). The zero-order valence-electron chi connectivity index (χ0n) is 14.0. The van der Waals surface area contributed by atoms with E-state index < -0.39 is 0 Å². The number of hydrogen-bond donors (Lipinski definition) is 2. The van der Waals surface area contributed by atoms with Crippen LogP contribution in [0.25, 0.3) is 10.9 Å². The Morgan fingerprint density at radius 3 is 2.62 bits per heavy atom. The van der Waals surface area contributed by atoms with E-state index in [4.69, 9.17) is 17.3 Å². The van der Waals surface area contributed by atoms with Crippen molar-refractivity contribution in [1.29, 1.82) is 0 Å². The third-order valence-corrected chi connectivity index (χ3v) is 4.68. The number of aromatic nitrogens is 1.